The molecule has 104 valence electrons. The van der Waals surface area contributed by atoms with Crippen molar-refractivity contribution in [1.29, 1.82) is 0 Å². The summed E-state index contributed by atoms with van der Waals surface area (Å²) in [7, 11) is 0. The summed E-state index contributed by atoms with van der Waals surface area (Å²) in [5, 5.41) is 3.46. The third kappa shape index (κ3) is 3.10. The van der Waals surface area contributed by atoms with Crippen LogP contribution in [0.1, 0.15) is 18.4 Å². The minimum atomic E-state index is 0.821. The van der Waals surface area contributed by atoms with Gasteiger partial charge in [-0.1, -0.05) is 17.7 Å². The van der Waals surface area contributed by atoms with Gasteiger partial charge in [-0.2, -0.15) is 0 Å². The summed E-state index contributed by atoms with van der Waals surface area (Å²) in [6.07, 6.45) is 2.65. The number of piperidine rings is 1. The van der Waals surface area contributed by atoms with Crippen molar-refractivity contribution in [3.8, 4) is 0 Å². The Balaban J connectivity index is 1.55. The zero-order valence-corrected chi connectivity index (χ0v) is 11.9. The number of aryl methyl sites for hydroxylation is 1. The number of hydrogen-bond donors (Lipinski definition) is 1. The molecule has 3 rings (SSSR count). The molecule has 2 aliphatic heterocycles. The number of hydrogen-bond acceptors (Lipinski definition) is 3. The lowest BCUT2D eigenvalue weighted by atomic mass is 10.0. The van der Waals surface area contributed by atoms with Crippen molar-refractivity contribution in [3.63, 3.8) is 0 Å². The lowest BCUT2D eigenvalue weighted by Gasteiger charge is -2.41. The van der Waals surface area contributed by atoms with Crippen molar-refractivity contribution < 1.29 is 0 Å². The topological polar surface area (TPSA) is 18.5 Å². The van der Waals surface area contributed by atoms with Gasteiger partial charge in [-0.05, 0) is 45.0 Å². The van der Waals surface area contributed by atoms with Gasteiger partial charge in [0.05, 0.1) is 0 Å². The van der Waals surface area contributed by atoms with Crippen LogP contribution in [-0.4, -0.2) is 50.2 Å². The lowest BCUT2D eigenvalue weighted by molar-refractivity contribution is 0.153. The van der Waals surface area contributed by atoms with E-state index >= 15 is 0 Å². The second-order valence-electron chi connectivity index (χ2n) is 5.84. The van der Waals surface area contributed by atoms with Gasteiger partial charge in [-0.3, -0.25) is 4.90 Å². The molecule has 0 bridgehead atoms. The maximum absolute atomic E-state index is 3.46. The van der Waals surface area contributed by atoms with Gasteiger partial charge in [-0.25, -0.2) is 0 Å². The number of anilines is 1. The van der Waals surface area contributed by atoms with E-state index in [9.17, 15) is 0 Å². The highest BCUT2D eigenvalue weighted by Gasteiger charge is 2.24. The Morgan fingerprint density at radius 1 is 0.947 bits per heavy atom. The van der Waals surface area contributed by atoms with E-state index in [1.807, 2.05) is 0 Å². The van der Waals surface area contributed by atoms with Crippen molar-refractivity contribution >= 4 is 5.69 Å². The van der Waals surface area contributed by atoms with E-state index in [0.717, 1.165) is 6.04 Å². The Bertz CT molecular complexity index is 387. The van der Waals surface area contributed by atoms with Crippen LogP contribution in [0, 0.1) is 6.92 Å². The molecule has 2 fully saturated rings. The molecule has 0 aliphatic carbocycles. The van der Waals surface area contributed by atoms with Crippen LogP contribution in [0.15, 0.2) is 24.3 Å². The largest absolute Gasteiger partial charge is 0.369 e. The van der Waals surface area contributed by atoms with E-state index in [2.05, 4.69) is 46.3 Å². The molecule has 0 saturated carbocycles. The van der Waals surface area contributed by atoms with Gasteiger partial charge in [0.15, 0.2) is 0 Å². The minimum Gasteiger partial charge on any atom is -0.369 e. The van der Waals surface area contributed by atoms with Gasteiger partial charge in [-0.15, -0.1) is 0 Å². The molecular weight excluding hydrogens is 234 g/mol. The fourth-order valence-electron chi connectivity index (χ4n) is 3.27. The first-order chi connectivity index (χ1) is 9.33. The summed E-state index contributed by atoms with van der Waals surface area (Å²) in [5.74, 6) is 0. The van der Waals surface area contributed by atoms with Crippen LogP contribution >= 0.6 is 0 Å². The van der Waals surface area contributed by atoms with Crippen molar-refractivity contribution in [3.05, 3.63) is 29.8 Å². The van der Waals surface area contributed by atoms with E-state index in [1.165, 1.54) is 63.4 Å². The molecule has 1 N–H and O–H groups in total. The summed E-state index contributed by atoms with van der Waals surface area (Å²) in [6.45, 7) is 9.33. The van der Waals surface area contributed by atoms with Gasteiger partial charge >= 0.3 is 0 Å². The van der Waals surface area contributed by atoms with Crippen molar-refractivity contribution in [2.24, 2.45) is 0 Å². The summed E-state index contributed by atoms with van der Waals surface area (Å²) in [6, 6.07) is 9.77. The molecule has 0 unspecified atom stereocenters. The van der Waals surface area contributed by atoms with E-state index in [4.69, 9.17) is 0 Å². The Kier molecular flexibility index (Phi) is 4.04. The standard InChI is InChI=1S/C16H25N3/c1-14-2-4-15(5-3-14)18-10-12-19(13-11-18)16-6-8-17-9-7-16/h2-5,16-17H,6-13H2,1H3. The van der Waals surface area contributed by atoms with Crippen LogP contribution < -0.4 is 10.2 Å². The van der Waals surface area contributed by atoms with Gasteiger partial charge in [0.2, 0.25) is 0 Å². The van der Waals surface area contributed by atoms with Crippen molar-refractivity contribution in [1.82, 2.24) is 10.2 Å². The second kappa shape index (κ2) is 5.93. The molecule has 0 spiro atoms. The molecule has 19 heavy (non-hydrogen) atoms. The molecule has 3 nitrogen and oxygen atoms in total. The normalized spacial score (nSPS) is 22.7. The Morgan fingerprint density at radius 3 is 2.21 bits per heavy atom. The van der Waals surface area contributed by atoms with E-state index in [1.54, 1.807) is 0 Å². The third-order valence-corrected chi connectivity index (χ3v) is 4.54. The van der Waals surface area contributed by atoms with Crippen LogP contribution in [0.4, 0.5) is 5.69 Å². The van der Waals surface area contributed by atoms with Gasteiger partial charge in [0, 0.05) is 37.9 Å². The summed E-state index contributed by atoms with van der Waals surface area (Å²) in [4.78, 5) is 5.22. The maximum Gasteiger partial charge on any atom is 0.0367 e. The fourth-order valence-corrected chi connectivity index (χ4v) is 3.27. The van der Waals surface area contributed by atoms with E-state index in [-0.39, 0.29) is 0 Å². The van der Waals surface area contributed by atoms with Crippen molar-refractivity contribution in [2.75, 3.05) is 44.2 Å². The predicted molar refractivity (Wildman–Crippen MR) is 80.9 cm³/mol. The number of piperazine rings is 1. The summed E-state index contributed by atoms with van der Waals surface area (Å²) < 4.78 is 0. The average molecular weight is 259 g/mol. The van der Waals surface area contributed by atoms with Crippen LogP contribution in [0.2, 0.25) is 0 Å². The number of rotatable bonds is 2. The summed E-state index contributed by atoms with van der Waals surface area (Å²) >= 11 is 0. The predicted octanol–water partition coefficient (Wildman–Crippen LogP) is 1.87. The second-order valence-corrected chi connectivity index (χ2v) is 5.84. The Labute approximate surface area is 116 Å². The SMILES string of the molecule is Cc1ccc(N2CCN(C3CCNCC3)CC2)cc1. The number of benzene rings is 1. The molecule has 3 heteroatoms. The number of nitrogens with zero attached hydrogens (tertiary/aromatic N) is 2. The monoisotopic (exact) mass is 259 g/mol. The minimum absolute atomic E-state index is 0.821. The molecule has 0 aromatic heterocycles. The molecule has 0 amide bonds. The highest BCUT2D eigenvalue weighted by Crippen LogP contribution is 2.20. The zero-order chi connectivity index (χ0) is 13.1. The quantitative estimate of drug-likeness (QED) is 0.875. The Hall–Kier alpha value is -1.06. The van der Waals surface area contributed by atoms with Crippen LogP contribution in [0.25, 0.3) is 0 Å². The smallest absolute Gasteiger partial charge is 0.0367 e. The molecular formula is C16H25N3. The molecule has 2 aliphatic rings. The first-order valence-electron chi connectivity index (χ1n) is 7.59. The third-order valence-electron chi connectivity index (χ3n) is 4.54. The Morgan fingerprint density at radius 2 is 1.58 bits per heavy atom. The van der Waals surface area contributed by atoms with Crippen LogP contribution in [0.3, 0.4) is 0 Å². The van der Waals surface area contributed by atoms with Crippen LogP contribution in [0.5, 0.6) is 0 Å². The molecule has 0 radical (unpaired) electrons. The van der Waals surface area contributed by atoms with E-state index < -0.39 is 0 Å². The molecule has 2 saturated heterocycles. The summed E-state index contributed by atoms with van der Waals surface area (Å²) in [5.41, 5.74) is 2.73. The van der Waals surface area contributed by atoms with E-state index in [0.29, 0.717) is 0 Å². The first-order valence-corrected chi connectivity index (χ1v) is 7.59. The fraction of sp³-hybridized carbons (Fsp3) is 0.625. The van der Waals surface area contributed by atoms with Gasteiger partial charge in [0.25, 0.3) is 0 Å². The van der Waals surface area contributed by atoms with Gasteiger partial charge < -0.3 is 10.2 Å². The van der Waals surface area contributed by atoms with Crippen molar-refractivity contribution in [2.45, 2.75) is 25.8 Å². The van der Waals surface area contributed by atoms with Crippen LogP contribution in [-0.2, 0) is 0 Å². The first kappa shape index (κ1) is 12.9. The lowest BCUT2D eigenvalue weighted by Crippen LogP contribution is -2.52. The number of nitrogens with one attached hydrogen (secondary N) is 1. The average Bonchev–Trinajstić information content (AvgIpc) is 2.49. The molecule has 0 atom stereocenters. The molecule has 1 aromatic rings. The maximum atomic E-state index is 3.46. The zero-order valence-electron chi connectivity index (χ0n) is 11.9. The molecule has 2 heterocycles. The van der Waals surface area contributed by atoms with Gasteiger partial charge in [0.1, 0.15) is 0 Å². The highest BCUT2D eigenvalue weighted by molar-refractivity contribution is 5.47. The molecule has 1 aromatic carbocycles. The highest BCUT2D eigenvalue weighted by atomic mass is 15.3.